The van der Waals surface area contributed by atoms with Gasteiger partial charge in [0.25, 0.3) is 0 Å². The molecule has 1 N–H and O–H groups in total. The normalized spacial score (nSPS) is 21.2. The van der Waals surface area contributed by atoms with Crippen molar-refractivity contribution in [1.29, 1.82) is 0 Å². The molecule has 1 aliphatic heterocycles. The molecule has 1 heterocycles. The third kappa shape index (κ3) is 2.12. The van der Waals surface area contributed by atoms with Crippen LogP contribution in [0.1, 0.15) is 11.7 Å². The maximum absolute atomic E-state index is 12.9. The molecule has 1 saturated heterocycles. The molecule has 1 amide bonds. The van der Waals surface area contributed by atoms with E-state index in [1.807, 2.05) is 0 Å². The predicted octanol–water partition coefficient (Wildman–Crippen LogP) is 1.15. The SMILES string of the molecule is O=C1COC(c2ccc(F)c(F)c2)CN1. The van der Waals surface area contributed by atoms with Gasteiger partial charge in [-0.2, -0.15) is 0 Å². The highest BCUT2D eigenvalue weighted by Crippen LogP contribution is 2.20. The molecule has 15 heavy (non-hydrogen) atoms. The van der Waals surface area contributed by atoms with Crippen LogP contribution in [0.5, 0.6) is 0 Å². The van der Waals surface area contributed by atoms with Gasteiger partial charge < -0.3 is 10.1 Å². The zero-order valence-corrected chi connectivity index (χ0v) is 7.80. The Morgan fingerprint density at radius 2 is 2.13 bits per heavy atom. The molecule has 3 nitrogen and oxygen atoms in total. The van der Waals surface area contributed by atoms with Gasteiger partial charge in [-0.1, -0.05) is 6.07 Å². The van der Waals surface area contributed by atoms with Gasteiger partial charge in [-0.3, -0.25) is 4.79 Å². The number of halogens is 2. The van der Waals surface area contributed by atoms with E-state index >= 15 is 0 Å². The number of nitrogens with one attached hydrogen (secondary N) is 1. The maximum atomic E-state index is 12.9. The standard InChI is InChI=1S/C10H9F2NO2/c11-7-2-1-6(3-8(7)12)9-4-13-10(14)5-15-9/h1-3,9H,4-5H2,(H,13,14). The Balaban J connectivity index is 2.16. The second kappa shape index (κ2) is 3.94. The number of morpholine rings is 1. The van der Waals surface area contributed by atoms with Crippen LogP contribution in [0.25, 0.3) is 0 Å². The summed E-state index contributed by atoms with van der Waals surface area (Å²) < 4.78 is 30.7. The summed E-state index contributed by atoms with van der Waals surface area (Å²) in [5.74, 6) is -2.00. The molecule has 0 aromatic heterocycles. The maximum Gasteiger partial charge on any atom is 0.246 e. The highest BCUT2D eigenvalue weighted by Gasteiger charge is 2.20. The molecule has 0 saturated carbocycles. The van der Waals surface area contributed by atoms with Crippen LogP contribution in [-0.2, 0) is 9.53 Å². The lowest BCUT2D eigenvalue weighted by atomic mass is 10.1. The van der Waals surface area contributed by atoms with Gasteiger partial charge >= 0.3 is 0 Å². The van der Waals surface area contributed by atoms with Gasteiger partial charge in [0.1, 0.15) is 12.7 Å². The molecule has 0 spiro atoms. The first-order valence-electron chi connectivity index (χ1n) is 4.50. The van der Waals surface area contributed by atoms with Gasteiger partial charge in [0.05, 0.1) is 0 Å². The van der Waals surface area contributed by atoms with E-state index in [9.17, 15) is 13.6 Å². The molecule has 1 fully saturated rings. The lowest BCUT2D eigenvalue weighted by molar-refractivity contribution is -0.133. The number of carbonyl (C=O) groups is 1. The van der Waals surface area contributed by atoms with Crippen LogP contribution in [0.3, 0.4) is 0 Å². The van der Waals surface area contributed by atoms with Gasteiger partial charge in [-0.15, -0.1) is 0 Å². The average molecular weight is 213 g/mol. The van der Waals surface area contributed by atoms with E-state index in [1.165, 1.54) is 6.07 Å². The molecule has 1 unspecified atom stereocenters. The third-order valence-corrected chi connectivity index (χ3v) is 2.22. The Hall–Kier alpha value is -1.49. The molecule has 1 aromatic carbocycles. The van der Waals surface area contributed by atoms with E-state index < -0.39 is 17.7 Å². The van der Waals surface area contributed by atoms with Crippen molar-refractivity contribution in [3.63, 3.8) is 0 Å². The van der Waals surface area contributed by atoms with Crippen LogP contribution in [0.4, 0.5) is 8.78 Å². The van der Waals surface area contributed by atoms with Crippen LogP contribution < -0.4 is 5.32 Å². The van der Waals surface area contributed by atoms with Crippen LogP contribution in [0.2, 0.25) is 0 Å². The van der Waals surface area contributed by atoms with E-state index in [0.29, 0.717) is 5.56 Å². The van der Waals surface area contributed by atoms with Crippen LogP contribution in [0.15, 0.2) is 18.2 Å². The quantitative estimate of drug-likeness (QED) is 0.760. The summed E-state index contributed by atoms with van der Waals surface area (Å²) in [5.41, 5.74) is 0.522. The summed E-state index contributed by atoms with van der Waals surface area (Å²) >= 11 is 0. The first kappa shape index (κ1) is 10.0. The predicted molar refractivity (Wildman–Crippen MR) is 48.1 cm³/mol. The molecule has 1 aliphatic rings. The zero-order chi connectivity index (χ0) is 10.8. The van der Waals surface area contributed by atoms with E-state index in [-0.39, 0.29) is 19.1 Å². The van der Waals surface area contributed by atoms with Crippen molar-refractivity contribution >= 4 is 5.91 Å². The van der Waals surface area contributed by atoms with Crippen molar-refractivity contribution in [2.24, 2.45) is 0 Å². The molecule has 80 valence electrons. The smallest absolute Gasteiger partial charge is 0.246 e. The minimum atomic E-state index is -0.909. The van der Waals surface area contributed by atoms with Gasteiger partial charge in [-0.25, -0.2) is 8.78 Å². The minimum Gasteiger partial charge on any atom is -0.362 e. The fraction of sp³-hybridized carbons (Fsp3) is 0.300. The number of amides is 1. The number of benzene rings is 1. The fourth-order valence-corrected chi connectivity index (χ4v) is 1.42. The number of hydrogen-bond donors (Lipinski definition) is 1. The van der Waals surface area contributed by atoms with Gasteiger partial charge in [0, 0.05) is 6.54 Å². The number of ether oxygens (including phenoxy) is 1. The van der Waals surface area contributed by atoms with Crippen LogP contribution in [0, 0.1) is 11.6 Å². The fourth-order valence-electron chi connectivity index (χ4n) is 1.42. The summed E-state index contributed by atoms with van der Waals surface area (Å²) in [7, 11) is 0. The molecular formula is C10H9F2NO2. The van der Waals surface area contributed by atoms with Crippen molar-refractivity contribution in [3.8, 4) is 0 Å². The number of rotatable bonds is 1. The summed E-state index contributed by atoms with van der Waals surface area (Å²) in [6, 6.07) is 3.57. The van der Waals surface area contributed by atoms with Gasteiger partial charge in [0.2, 0.25) is 5.91 Å². The molecule has 0 radical (unpaired) electrons. The second-order valence-corrected chi connectivity index (χ2v) is 3.28. The molecule has 5 heteroatoms. The van der Waals surface area contributed by atoms with E-state index in [0.717, 1.165) is 12.1 Å². The molecule has 0 bridgehead atoms. The monoisotopic (exact) mass is 213 g/mol. The summed E-state index contributed by atoms with van der Waals surface area (Å²) in [5, 5.41) is 2.58. The first-order valence-corrected chi connectivity index (χ1v) is 4.50. The Labute approximate surface area is 85.0 Å². The Kier molecular flexibility index (Phi) is 2.64. The van der Waals surface area contributed by atoms with Crippen molar-refractivity contribution in [3.05, 3.63) is 35.4 Å². The van der Waals surface area contributed by atoms with Crippen molar-refractivity contribution in [2.45, 2.75) is 6.10 Å². The highest BCUT2D eigenvalue weighted by atomic mass is 19.2. The van der Waals surface area contributed by atoms with Gasteiger partial charge in [-0.05, 0) is 17.7 Å². The summed E-state index contributed by atoms with van der Waals surface area (Å²) in [6.07, 6.45) is -0.405. The van der Waals surface area contributed by atoms with Crippen molar-refractivity contribution in [2.75, 3.05) is 13.2 Å². The zero-order valence-electron chi connectivity index (χ0n) is 7.80. The Bertz CT molecular complexity index is 385. The van der Waals surface area contributed by atoms with Crippen molar-refractivity contribution in [1.82, 2.24) is 5.32 Å². The van der Waals surface area contributed by atoms with Crippen LogP contribution in [-0.4, -0.2) is 19.1 Å². The topological polar surface area (TPSA) is 38.3 Å². The molecular weight excluding hydrogens is 204 g/mol. The molecule has 2 rings (SSSR count). The molecule has 0 aliphatic carbocycles. The van der Waals surface area contributed by atoms with Gasteiger partial charge in [0.15, 0.2) is 11.6 Å². The van der Waals surface area contributed by atoms with E-state index in [2.05, 4.69) is 5.32 Å². The minimum absolute atomic E-state index is 0.0519. The Morgan fingerprint density at radius 3 is 2.73 bits per heavy atom. The molecule has 1 atom stereocenters. The largest absolute Gasteiger partial charge is 0.362 e. The lowest BCUT2D eigenvalue weighted by Crippen LogP contribution is -2.38. The van der Waals surface area contributed by atoms with Crippen LogP contribution >= 0.6 is 0 Å². The lowest BCUT2D eigenvalue weighted by Gasteiger charge is -2.23. The van der Waals surface area contributed by atoms with E-state index in [1.54, 1.807) is 0 Å². The number of hydrogen-bond acceptors (Lipinski definition) is 2. The highest BCUT2D eigenvalue weighted by molar-refractivity contribution is 5.77. The average Bonchev–Trinajstić information content (AvgIpc) is 2.23. The first-order chi connectivity index (χ1) is 7.16. The molecule has 1 aromatic rings. The van der Waals surface area contributed by atoms with Crippen molar-refractivity contribution < 1.29 is 18.3 Å². The summed E-state index contributed by atoms with van der Waals surface area (Å²) in [4.78, 5) is 10.8. The second-order valence-electron chi connectivity index (χ2n) is 3.28. The summed E-state index contributed by atoms with van der Waals surface area (Å²) in [6.45, 7) is 0.230. The van der Waals surface area contributed by atoms with E-state index in [4.69, 9.17) is 4.74 Å². The number of carbonyl (C=O) groups excluding carboxylic acids is 1. The Morgan fingerprint density at radius 1 is 1.33 bits per heavy atom. The third-order valence-electron chi connectivity index (χ3n) is 2.22.